The van der Waals surface area contributed by atoms with E-state index in [1.807, 2.05) is 24.3 Å². The monoisotopic (exact) mass is 250 g/mol. The zero-order chi connectivity index (χ0) is 12.8. The van der Waals surface area contributed by atoms with Gasteiger partial charge in [-0.2, -0.15) is 10.4 Å². The smallest absolute Gasteiger partial charge is 0.0991 e. The average molecular weight is 250 g/mol. The first-order valence-corrected chi connectivity index (χ1v) is 6.69. The summed E-state index contributed by atoms with van der Waals surface area (Å²) in [5, 5.41) is 20.2. The third kappa shape index (κ3) is 1.59. The average Bonchev–Trinajstić information content (AvgIpc) is 3.05. The summed E-state index contributed by atoms with van der Waals surface area (Å²) >= 11 is 0. The molecule has 1 aromatic heterocycles. The highest BCUT2D eigenvalue weighted by Crippen LogP contribution is 2.39. The molecule has 0 unspecified atom stereocenters. The van der Waals surface area contributed by atoms with Crippen molar-refractivity contribution in [3.05, 3.63) is 41.1 Å². The molecule has 2 aliphatic heterocycles. The lowest BCUT2D eigenvalue weighted by atomic mass is 9.96. The second-order valence-corrected chi connectivity index (χ2v) is 5.35. The standard InChI is InChI=1S/C15H14N4/c16-8-9-1-3-10(4-2-9)15-14-12-6-5-11(17-12)7-13(14)18-19-15/h1-4,11-12,17H,5-7H2,(H,18,19)/t11-,12-/m0/s1. The zero-order valence-corrected chi connectivity index (χ0v) is 10.5. The molecule has 4 heteroatoms. The van der Waals surface area contributed by atoms with Crippen LogP contribution in [0.4, 0.5) is 0 Å². The number of nitrogens with one attached hydrogen (secondary N) is 2. The molecule has 2 N–H and O–H groups in total. The predicted octanol–water partition coefficient (Wildman–Crippen LogP) is 2.30. The lowest BCUT2D eigenvalue weighted by molar-refractivity contribution is 0.511. The minimum absolute atomic E-state index is 0.443. The van der Waals surface area contributed by atoms with E-state index in [4.69, 9.17) is 5.26 Å². The van der Waals surface area contributed by atoms with Crippen LogP contribution in [0, 0.1) is 11.3 Å². The highest BCUT2D eigenvalue weighted by molar-refractivity contribution is 5.66. The molecule has 0 amide bonds. The normalized spacial score (nSPS) is 23.9. The summed E-state index contributed by atoms with van der Waals surface area (Å²) in [6.07, 6.45) is 3.50. The number of aromatic amines is 1. The topological polar surface area (TPSA) is 64.5 Å². The molecular formula is C15H14N4. The molecule has 1 saturated heterocycles. The minimum atomic E-state index is 0.443. The van der Waals surface area contributed by atoms with Gasteiger partial charge in [0.25, 0.3) is 0 Å². The highest BCUT2D eigenvalue weighted by Gasteiger charge is 2.35. The van der Waals surface area contributed by atoms with Crippen LogP contribution < -0.4 is 5.32 Å². The van der Waals surface area contributed by atoms with Gasteiger partial charge in [-0.1, -0.05) is 12.1 Å². The SMILES string of the molecule is N#Cc1ccc(-c2n[nH]c3c2[C@@H]2CC[C@@H](C3)N2)cc1. The van der Waals surface area contributed by atoms with Gasteiger partial charge in [-0.15, -0.1) is 0 Å². The number of nitrogens with zero attached hydrogens (tertiary/aromatic N) is 2. The summed E-state index contributed by atoms with van der Waals surface area (Å²) in [5.74, 6) is 0. The Kier molecular flexibility index (Phi) is 2.23. The van der Waals surface area contributed by atoms with Gasteiger partial charge < -0.3 is 5.32 Å². The predicted molar refractivity (Wildman–Crippen MR) is 71.3 cm³/mol. The molecule has 0 radical (unpaired) electrons. The molecule has 0 spiro atoms. The van der Waals surface area contributed by atoms with Crippen molar-refractivity contribution in [2.24, 2.45) is 0 Å². The van der Waals surface area contributed by atoms with Crippen molar-refractivity contribution in [2.45, 2.75) is 31.3 Å². The molecule has 1 aromatic carbocycles. The zero-order valence-electron chi connectivity index (χ0n) is 10.5. The first kappa shape index (κ1) is 10.8. The summed E-state index contributed by atoms with van der Waals surface area (Å²) < 4.78 is 0. The van der Waals surface area contributed by atoms with E-state index in [-0.39, 0.29) is 0 Å². The van der Waals surface area contributed by atoms with E-state index in [1.54, 1.807) is 0 Å². The molecule has 4 nitrogen and oxygen atoms in total. The summed E-state index contributed by atoms with van der Waals surface area (Å²) in [7, 11) is 0. The van der Waals surface area contributed by atoms with Crippen LogP contribution >= 0.6 is 0 Å². The van der Waals surface area contributed by atoms with Gasteiger partial charge in [0.15, 0.2) is 0 Å². The van der Waals surface area contributed by atoms with E-state index in [9.17, 15) is 0 Å². The Morgan fingerprint density at radius 3 is 2.84 bits per heavy atom. The Morgan fingerprint density at radius 2 is 2.05 bits per heavy atom. The van der Waals surface area contributed by atoms with Gasteiger partial charge in [0.05, 0.1) is 17.3 Å². The number of benzene rings is 1. The van der Waals surface area contributed by atoms with Crippen molar-refractivity contribution >= 4 is 0 Å². The molecule has 2 bridgehead atoms. The molecule has 3 heterocycles. The van der Waals surface area contributed by atoms with Crippen LogP contribution in [0.1, 0.15) is 35.7 Å². The van der Waals surface area contributed by atoms with Crippen LogP contribution in [0.25, 0.3) is 11.3 Å². The van der Waals surface area contributed by atoms with Crippen LogP contribution in [0.2, 0.25) is 0 Å². The molecule has 2 aromatic rings. The van der Waals surface area contributed by atoms with Crippen LogP contribution in [-0.4, -0.2) is 16.2 Å². The second-order valence-electron chi connectivity index (χ2n) is 5.35. The lowest BCUT2D eigenvalue weighted by Crippen LogP contribution is -2.31. The summed E-state index contributed by atoms with van der Waals surface area (Å²) in [4.78, 5) is 0. The molecule has 4 rings (SSSR count). The number of fused-ring (bicyclic) bond motifs is 4. The summed E-state index contributed by atoms with van der Waals surface area (Å²) in [6, 6.07) is 10.9. The van der Waals surface area contributed by atoms with Crippen molar-refractivity contribution in [3.63, 3.8) is 0 Å². The van der Waals surface area contributed by atoms with Crippen molar-refractivity contribution in [2.75, 3.05) is 0 Å². The Labute approximate surface area is 111 Å². The molecule has 94 valence electrons. The van der Waals surface area contributed by atoms with Crippen LogP contribution in [0.3, 0.4) is 0 Å². The molecule has 0 aliphatic carbocycles. The van der Waals surface area contributed by atoms with E-state index in [2.05, 4.69) is 21.6 Å². The van der Waals surface area contributed by atoms with E-state index in [1.165, 1.54) is 24.1 Å². The van der Waals surface area contributed by atoms with E-state index in [0.717, 1.165) is 17.7 Å². The van der Waals surface area contributed by atoms with Crippen molar-refractivity contribution in [1.29, 1.82) is 5.26 Å². The van der Waals surface area contributed by atoms with Crippen molar-refractivity contribution in [1.82, 2.24) is 15.5 Å². The minimum Gasteiger partial charge on any atom is -0.307 e. The molecule has 0 saturated carbocycles. The highest BCUT2D eigenvalue weighted by atomic mass is 15.2. The van der Waals surface area contributed by atoms with Gasteiger partial charge in [0.1, 0.15) is 0 Å². The van der Waals surface area contributed by atoms with Crippen LogP contribution in [-0.2, 0) is 6.42 Å². The first-order valence-electron chi connectivity index (χ1n) is 6.69. The van der Waals surface area contributed by atoms with E-state index in [0.29, 0.717) is 17.6 Å². The van der Waals surface area contributed by atoms with Crippen LogP contribution in [0.15, 0.2) is 24.3 Å². The van der Waals surface area contributed by atoms with Gasteiger partial charge in [-0.05, 0) is 25.0 Å². The first-order chi connectivity index (χ1) is 9.35. The fourth-order valence-electron chi connectivity index (χ4n) is 3.29. The van der Waals surface area contributed by atoms with Crippen molar-refractivity contribution < 1.29 is 0 Å². The van der Waals surface area contributed by atoms with Gasteiger partial charge in [-0.25, -0.2) is 0 Å². The third-order valence-corrected chi connectivity index (χ3v) is 4.21. The maximum Gasteiger partial charge on any atom is 0.0991 e. The number of rotatable bonds is 1. The fraction of sp³-hybridized carbons (Fsp3) is 0.333. The quantitative estimate of drug-likeness (QED) is 0.816. The molecule has 1 fully saturated rings. The Balaban J connectivity index is 1.80. The molecule has 2 aliphatic rings. The number of H-pyrrole nitrogens is 1. The van der Waals surface area contributed by atoms with E-state index >= 15 is 0 Å². The fourth-order valence-corrected chi connectivity index (χ4v) is 3.29. The third-order valence-electron chi connectivity index (χ3n) is 4.21. The lowest BCUT2D eigenvalue weighted by Gasteiger charge is -2.21. The Bertz CT molecular complexity index is 662. The van der Waals surface area contributed by atoms with E-state index < -0.39 is 0 Å². The largest absolute Gasteiger partial charge is 0.307 e. The van der Waals surface area contributed by atoms with Crippen molar-refractivity contribution in [3.8, 4) is 17.3 Å². The maximum absolute atomic E-state index is 8.85. The summed E-state index contributed by atoms with van der Waals surface area (Å²) in [5.41, 5.74) is 5.43. The number of hydrogen-bond donors (Lipinski definition) is 2. The van der Waals surface area contributed by atoms with Gasteiger partial charge in [-0.3, -0.25) is 5.10 Å². The van der Waals surface area contributed by atoms with Crippen LogP contribution in [0.5, 0.6) is 0 Å². The molecule has 19 heavy (non-hydrogen) atoms. The molecular weight excluding hydrogens is 236 g/mol. The number of aromatic nitrogens is 2. The van der Waals surface area contributed by atoms with Gasteiger partial charge in [0, 0.05) is 35.3 Å². The molecule has 2 atom stereocenters. The van der Waals surface area contributed by atoms with Gasteiger partial charge in [0.2, 0.25) is 0 Å². The van der Waals surface area contributed by atoms with Gasteiger partial charge >= 0.3 is 0 Å². The Hall–Kier alpha value is -2.12. The number of nitriles is 1. The Morgan fingerprint density at radius 1 is 1.21 bits per heavy atom. The second kappa shape index (κ2) is 3.94. The number of hydrogen-bond acceptors (Lipinski definition) is 3. The summed E-state index contributed by atoms with van der Waals surface area (Å²) in [6.45, 7) is 0. The maximum atomic E-state index is 8.85.